The van der Waals surface area contributed by atoms with Crippen molar-refractivity contribution in [2.75, 3.05) is 6.54 Å². The average molecular weight is 226 g/mol. The van der Waals surface area contributed by atoms with Gasteiger partial charge in [-0.1, -0.05) is 0 Å². The van der Waals surface area contributed by atoms with Crippen LogP contribution < -0.4 is 10.6 Å². The van der Waals surface area contributed by atoms with Crippen LogP contribution in [0.1, 0.15) is 32.1 Å². The van der Waals surface area contributed by atoms with Crippen LogP contribution in [0.15, 0.2) is 0 Å². The van der Waals surface area contributed by atoms with Crippen molar-refractivity contribution in [2.45, 2.75) is 38.1 Å². The van der Waals surface area contributed by atoms with Crippen LogP contribution in [0.25, 0.3) is 0 Å². The van der Waals surface area contributed by atoms with Crippen molar-refractivity contribution in [3.63, 3.8) is 0 Å². The molecule has 90 valence electrons. The number of carboxylic acid groups (broad SMARTS) is 1. The van der Waals surface area contributed by atoms with Crippen molar-refractivity contribution < 1.29 is 14.7 Å². The van der Waals surface area contributed by atoms with E-state index in [0.717, 1.165) is 19.4 Å². The summed E-state index contributed by atoms with van der Waals surface area (Å²) in [5, 5.41) is 14.3. The molecule has 3 N–H and O–H groups in total. The smallest absolute Gasteiger partial charge is 0.315 e. The SMILES string of the molecule is O=C(O)CC(NC(=O)NCC1CC1)C1CC1. The number of rotatable bonds is 6. The number of carbonyl (C=O) groups is 2. The van der Waals surface area contributed by atoms with Crippen LogP contribution in [0.4, 0.5) is 4.79 Å². The second-order valence-corrected chi connectivity index (χ2v) is 4.84. The molecule has 2 amide bonds. The van der Waals surface area contributed by atoms with Crippen molar-refractivity contribution in [1.82, 2.24) is 10.6 Å². The van der Waals surface area contributed by atoms with E-state index >= 15 is 0 Å². The summed E-state index contributed by atoms with van der Waals surface area (Å²) in [5.41, 5.74) is 0. The van der Waals surface area contributed by atoms with Crippen molar-refractivity contribution in [3.05, 3.63) is 0 Å². The molecule has 2 rings (SSSR count). The van der Waals surface area contributed by atoms with Crippen LogP contribution in [-0.2, 0) is 4.79 Å². The van der Waals surface area contributed by atoms with Gasteiger partial charge in [0, 0.05) is 12.6 Å². The van der Waals surface area contributed by atoms with E-state index in [4.69, 9.17) is 5.11 Å². The van der Waals surface area contributed by atoms with E-state index in [2.05, 4.69) is 10.6 Å². The van der Waals surface area contributed by atoms with Crippen LogP contribution in [0.2, 0.25) is 0 Å². The lowest BCUT2D eigenvalue weighted by Gasteiger charge is -2.16. The van der Waals surface area contributed by atoms with E-state index in [1.165, 1.54) is 12.8 Å². The summed E-state index contributed by atoms with van der Waals surface area (Å²) < 4.78 is 0. The molecule has 0 bridgehead atoms. The van der Waals surface area contributed by atoms with Gasteiger partial charge >= 0.3 is 12.0 Å². The molecule has 0 heterocycles. The summed E-state index contributed by atoms with van der Waals surface area (Å²) in [6.45, 7) is 0.719. The summed E-state index contributed by atoms with van der Waals surface area (Å²) in [7, 11) is 0. The van der Waals surface area contributed by atoms with Crippen LogP contribution in [0.5, 0.6) is 0 Å². The molecule has 0 aromatic carbocycles. The zero-order chi connectivity index (χ0) is 11.5. The molecule has 2 saturated carbocycles. The number of urea groups is 1. The van der Waals surface area contributed by atoms with Gasteiger partial charge in [0.15, 0.2) is 0 Å². The first-order chi connectivity index (χ1) is 7.65. The summed E-state index contributed by atoms with van der Waals surface area (Å²) in [6.07, 6.45) is 4.48. The van der Waals surface area contributed by atoms with Gasteiger partial charge in [0.05, 0.1) is 6.42 Å². The third-order valence-electron chi connectivity index (χ3n) is 3.15. The molecule has 1 unspecified atom stereocenters. The highest BCUT2D eigenvalue weighted by Crippen LogP contribution is 2.34. The van der Waals surface area contributed by atoms with E-state index in [1.807, 2.05) is 0 Å². The minimum absolute atomic E-state index is 0.0293. The number of aliphatic carboxylic acids is 1. The average Bonchev–Trinajstić information content (AvgIpc) is 3.05. The lowest BCUT2D eigenvalue weighted by molar-refractivity contribution is -0.137. The van der Waals surface area contributed by atoms with Gasteiger partial charge in [0.25, 0.3) is 0 Å². The molecule has 1 atom stereocenters. The highest BCUT2D eigenvalue weighted by molar-refractivity contribution is 5.75. The van der Waals surface area contributed by atoms with E-state index in [0.29, 0.717) is 11.8 Å². The maximum Gasteiger partial charge on any atom is 0.315 e. The Kier molecular flexibility index (Phi) is 3.31. The van der Waals surface area contributed by atoms with E-state index in [1.54, 1.807) is 0 Å². The first-order valence-electron chi connectivity index (χ1n) is 5.91. The summed E-state index contributed by atoms with van der Waals surface area (Å²) >= 11 is 0. The Morgan fingerprint density at radius 2 is 1.94 bits per heavy atom. The van der Waals surface area contributed by atoms with Crippen molar-refractivity contribution in [1.29, 1.82) is 0 Å². The monoisotopic (exact) mass is 226 g/mol. The second kappa shape index (κ2) is 4.72. The molecular formula is C11H18N2O3. The van der Waals surface area contributed by atoms with Crippen LogP contribution in [0.3, 0.4) is 0 Å². The lowest BCUT2D eigenvalue weighted by atomic mass is 10.1. The topological polar surface area (TPSA) is 78.4 Å². The number of hydrogen-bond acceptors (Lipinski definition) is 2. The Bertz CT molecular complexity index is 285. The second-order valence-electron chi connectivity index (χ2n) is 4.84. The first-order valence-corrected chi connectivity index (χ1v) is 5.91. The molecule has 2 fully saturated rings. The van der Waals surface area contributed by atoms with Gasteiger partial charge in [-0.2, -0.15) is 0 Å². The Balaban J connectivity index is 1.70. The minimum Gasteiger partial charge on any atom is -0.481 e. The molecule has 0 aliphatic heterocycles. The molecule has 0 radical (unpaired) electrons. The van der Waals surface area contributed by atoms with E-state index < -0.39 is 5.97 Å². The van der Waals surface area contributed by atoms with Crippen LogP contribution in [0, 0.1) is 11.8 Å². The molecule has 5 nitrogen and oxygen atoms in total. The van der Waals surface area contributed by atoms with Crippen molar-refractivity contribution in [2.24, 2.45) is 11.8 Å². The first kappa shape index (κ1) is 11.2. The Hall–Kier alpha value is -1.26. The molecule has 2 aliphatic carbocycles. The predicted octanol–water partition coefficient (Wildman–Crippen LogP) is 0.949. The van der Waals surface area contributed by atoms with Gasteiger partial charge in [-0.25, -0.2) is 4.79 Å². The Morgan fingerprint density at radius 1 is 1.25 bits per heavy atom. The van der Waals surface area contributed by atoms with Gasteiger partial charge in [0.1, 0.15) is 0 Å². The summed E-state index contributed by atoms with van der Waals surface area (Å²) in [5.74, 6) is 0.159. The van der Waals surface area contributed by atoms with Gasteiger partial charge < -0.3 is 15.7 Å². The number of carbonyl (C=O) groups excluding carboxylic acids is 1. The Morgan fingerprint density at radius 3 is 2.44 bits per heavy atom. The van der Waals surface area contributed by atoms with Crippen molar-refractivity contribution >= 4 is 12.0 Å². The standard InChI is InChI=1S/C11H18N2O3/c14-10(15)5-9(8-3-4-8)13-11(16)12-6-7-1-2-7/h7-9H,1-6H2,(H,14,15)(H2,12,13,16). The lowest BCUT2D eigenvalue weighted by Crippen LogP contribution is -2.44. The molecule has 0 saturated heterocycles. The summed E-state index contributed by atoms with van der Waals surface area (Å²) in [4.78, 5) is 22.1. The van der Waals surface area contributed by atoms with E-state index in [-0.39, 0.29) is 18.5 Å². The minimum atomic E-state index is -0.848. The molecule has 16 heavy (non-hydrogen) atoms. The highest BCUT2D eigenvalue weighted by atomic mass is 16.4. The van der Waals surface area contributed by atoms with Gasteiger partial charge in [-0.05, 0) is 37.5 Å². The molecule has 0 aromatic rings. The quantitative estimate of drug-likeness (QED) is 0.631. The Labute approximate surface area is 94.6 Å². The number of hydrogen-bond donors (Lipinski definition) is 3. The fourth-order valence-electron chi connectivity index (χ4n) is 1.80. The molecule has 5 heteroatoms. The molecule has 0 aromatic heterocycles. The number of amides is 2. The van der Waals surface area contributed by atoms with Crippen molar-refractivity contribution in [3.8, 4) is 0 Å². The largest absolute Gasteiger partial charge is 0.481 e. The normalized spacial score (nSPS) is 21.2. The number of nitrogens with one attached hydrogen (secondary N) is 2. The molecule has 0 spiro atoms. The zero-order valence-electron chi connectivity index (χ0n) is 9.24. The molecule has 2 aliphatic rings. The van der Waals surface area contributed by atoms with Crippen LogP contribution >= 0.6 is 0 Å². The van der Waals surface area contributed by atoms with Gasteiger partial charge in [-0.15, -0.1) is 0 Å². The third-order valence-corrected chi connectivity index (χ3v) is 3.15. The van der Waals surface area contributed by atoms with Gasteiger partial charge in [0.2, 0.25) is 0 Å². The summed E-state index contributed by atoms with van der Waals surface area (Å²) in [6, 6.07) is -0.415. The van der Waals surface area contributed by atoms with Gasteiger partial charge in [-0.3, -0.25) is 4.79 Å². The highest BCUT2D eigenvalue weighted by Gasteiger charge is 2.33. The van der Waals surface area contributed by atoms with E-state index in [9.17, 15) is 9.59 Å². The van der Waals surface area contributed by atoms with Crippen LogP contribution in [-0.4, -0.2) is 29.7 Å². The maximum absolute atomic E-state index is 11.5. The maximum atomic E-state index is 11.5. The molecular weight excluding hydrogens is 208 g/mol. The predicted molar refractivity (Wildman–Crippen MR) is 58.0 cm³/mol. The fraction of sp³-hybridized carbons (Fsp3) is 0.818. The third kappa shape index (κ3) is 3.72. The fourth-order valence-corrected chi connectivity index (χ4v) is 1.80. The zero-order valence-corrected chi connectivity index (χ0v) is 9.24. The number of carboxylic acids is 1.